The van der Waals surface area contributed by atoms with Crippen LogP contribution in [0.3, 0.4) is 0 Å². The SMILES string of the molecule is Cc1ccc(NC(=O)[C@H]2NCCO[C@@H]2C)cc1Br. The number of carbonyl (C=O) groups is 1. The summed E-state index contributed by atoms with van der Waals surface area (Å²) in [4.78, 5) is 12.1. The first-order chi connectivity index (χ1) is 8.58. The highest BCUT2D eigenvalue weighted by Gasteiger charge is 2.28. The molecule has 0 aliphatic carbocycles. The van der Waals surface area contributed by atoms with E-state index in [9.17, 15) is 4.79 Å². The summed E-state index contributed by atoms with van der Waals surface area (Å²) in [6.45, 7) is 5.27. The van der Waals surface area contributed by atoms with Crippen molar-refractivity contribution in [2.45, 2.75) is 26.0 Å². The van der Waals surface area contributed by atoms with Gasteiger partial charge in [-0.25, -0.2) is 0 Å². The summed E-state index contributed by atoms with van der Waals surface area (Å²) in [6, 6.07) is 5.47. The van der Waals surface area contributed by atoms with Crippen LogP contribution in [0.15, 0.2) is 22.7 Å². The van der Waals surface area contributed by atoms with Crippen LogP contribution in [0.1, 0.15) is 12.5 Å². The molecule has 5 heteroatoms. The van der Waals surface area contributed by atoms with Crippen molar-refractivity contribution in [1.29, 1.82) is 0 Å². The van der Waals surface area contributed by atoms with Crippen LogP contribution in [0.4, 0.5) is 5.69 Å². The van der Waals surface area contributed by atoms with Gasteiger partial charge in [0.25, 0.3) is 0 Å². The molecule has 0 saturated carbocycles. The number of amides is 1. The van der Waals surface area contributed by atoms with Crippen LogP contribution in [0.2, 0.25) is 0 Å². The highest BCUT2D eigenvalue weighted by Crippen LogP contribution is 2.21. The zero-order chi connectivity index (χ0) is 13.1. The standard InChI is InChI=1S/C13H17BrN2O2/c1-8-3-4-10(7-11(8)14)16-13(17)12-9(2)18-6-5-15-12/h3-4,7,9,12,15H,5-6H2,1-2H3,(H,16,17)/t9-,12+/m1/s1. The largest absolute Gasteiger partial charge is 0.375 e. The van der Waals surface area contributed by atoms with Gasteiger partial charge in [0.1, 0.15) is 6.04 Å². The van der Waals surface area contributed by atoms with Crippen molar-refractivity contribution in [3.63, 3.8) is 0 Å². The predicted molar refractivity (Wildman–Crippen MR) is 74.7 cm³/mol. The minimum Gasteiger partial charge on any atom is -0.375 e. The molecule has 1 aromatic rings. The van der Waals surface area contributed by atoms with Gasteiger partial charge < -0.3 is 15.4 Å². The second-order valence-electron chi connectivity index (χ2n) is 4.46. The lowest BCUT2D eigenvalue weighted by molar-refractivity contribution is -0.123. The molecule has 1 aromatic carbocycles. The topological polar surface area (TPSA) is 50.4 Å². The summed E-state index contributed by atoms with van der Waals surface area (Å²) in [7, 11) is 0. The number of halogens is 1. The monoisotopic (exact) mass is 312 g/mol. The average Bonchev–Trinajstić information content (AvgIpc) is 2.34. The van der Waals surface area contributed by atoms with Gasteiger partial charge in [0, 0.05) is 16.7 Å². The van der Waals surface area contributed by atoms with E-state index in [1.807, 2.05) is 32.0 Å². The Morgan fingerprint density at radius 2 is 2.33 bits per heavy atom. The van der Waals surface area contributed by atoms with Crippen LogP contribution >= 0.6 is 15.9 Å². The summed E-state index contributed by atoms with van der Waals surface area (Å²) in [5, 5.41) is 6.06. The zero-order valence-corrected chi connectivity index (χ0v) is 12.1. The van der Waals surface area contributed by atoms with Gasteiger partial charge in [-0.15, -0.1) is 0 Å². The molecule has 1 aliphatic rings. The van der Waals surface area contributed by atoms with E-state index in [0.717, 1.165) is 15.7 Å². The van der Waals surface area contributed by atoms with Crippen molar-refractivity contribution in [2.24, 2.45) is 0 Å². The van der Waals surface area contributed by atoms with Crippen LogP contribution in [0.5, 0.6) is 0 Å². The van der Waals surface area contributed by atoms with Crippen LogP contribution in [0, 0.1) is 6.92 Å². The molecular weight excluding hydrogens is 296 g/mol. The molecule has 98 valence electrons. The lowest BCUT2D eigenvalue weighted by Gasteiger charge is -2.29. The number of hydrogen-bond acceptors (Lipinski definition) is 3. The normalized spacial score (nSPS) is 23.7. The number of rotatable bonds is 2. The second-order valence-corrected chi connectivity index (χ2v) is 5.32. The Kier molecular flexibility index (Phi) is 4.37. The summed E-state index contributed by atoms with van der Waals surface area (Å²) in [5.41, 5.74) is 1.93. The van der Waals surface area contributed by atoms with Crippen molar-refractivity contribution in [3.8, 4) is 0 Å². The lowest BCUT2D eigenvalue weighted by Crippen LogP contribution is -2.53. The van der Waals surface area contributed by atoms with Crippen LogP contribution in [-0.4, -0.2) is 31.2 Å². The summed E-state index contributed by atoms with van der Waals surface area (Å²) >= 11 is 3.45. The van der Waals surface area contributed by atoms with Crippen molar-refractivity contribution in [1.82, 2.24) is 5.32 Å². The van der Waals surface area contributed by atoms with Gasteiger partial charge >= 0.3 is 0 Å². The molecule has 2 N–H and O–H groups in total. The second kappa shape index (κ2) is 5.82. The first kappa shape index (κ1) is 13.5. The van der Waals surface area contributed by atoms with E-state index in [1.54, 1.807) is 0 Å². The molecule has 1 saturated heterocycles. The number of anilines is 1. The van der Waals surface area contributed by atoms with E-state index in [2.05, 4.69) is 26.6 Å². The van der Waals surface area contributed by atoms with Gasteiger partial charge in [0.2, 0.25) is 5.91 Å². The van der Waals surface area contributed by atoms with Gasteiger partial charge in [-0.2, -0.15) is 0 Å². The van der Waals surface area contributed by atoms with Crippen LogP contribution < -0.4 is 10.6 Å². The van der Waals surface area contributed by atoms with E-state index in [0.29, 0.717) is 13.2 Å². The fraction of sp³-hybridized carbons (Fsp3) is 0.462. The first-order valence-corrected chi connectivity index (χ1v) is 6.79. The van der Waals surface area contributed by atoms with E-state index >= 15 is 0 Å². The highest BCUT2D eigenvalue weighted by atomic mass is 79.9. The van der Waals surface area contributed by atoms with Crippen LogP contribution in [-0.2, 0) is 9.53 Å². The number of morpholine rings is 1. The third-order valence-electron chi connectivity index (χ3n) is 3.04. The Morgan fingerprint density at radius 3 is 3.00 bits per heavy atom. The first-order valence-electron chi connectivity index (χ1n) is 6.00. The van der Waals surface area contributed by atoms with Gasteiger partial charge in [-0.1, -0.05) is 22.0 Å². The Bertz CT molecular complexity index is 451. The predicted octanol–water partition coefficient (Wildman–Crippen LogP) is 2.07. The molecular formula is C13H17BrN2O2. The molecule has 1 amide bonds. The minimum atomic E-state index is -0.293. The Labute approximate surface area is 115 Å². The smallest absolute Gasteiger partial charge is 0.244 e. The summed E-state index contributed by atoms with van der Waals surface area (Å²) in [5.74, 6) is -0.0575. The van der Waals surface area contributed by atoms with Gasteiger partial charge in [0.15, 0.2) is 0 Å². The lowest BCUT2D eigenvalue weighted by atomic mass is 10.1. The quantitative estimate of drug-likeness (QED) is 0.879. The third-order valence-corrected chi connectivity index (χ3v) is 3.89. The zero-order valence-electron chi connectivity index (χ0n) is 10.5. The van der Waals surface area contributed by atoms with E-state index in [-0.39, 0.29) is 18.1 Å². The Hall–Kier alpha value is -0.910. The molecule has 2 rings (SSSR count). The fourth-order valence-electron chi connectivity index (χ4n) is 1.92. The number of hydrogen-bond donors (Lipinski definition) is 2. The minimum absolute atomic E-state index is 0.0575. The number of ether oxygens (including phenoxy) is 1. The van der Waals surface area contributed by atoms with Gasteiger partial charge in [-0.3, -0.25) is 4.79 Å². The number of aryl methyl sites for hydroxylation is 1. The Morgan fingerprint density at radius 1 is 1.56 bits per heavy atom. The third kappa shape index (κ3) is 3.10. The molecule has 2 atom stereocenters. The molecule has 18 heavy (non-hydrogen) atoms. The number of carbonyl (C=O) groups excluding carboxylic acids is 1. The van der Waals surface area contributed by atoms with Gasteiger partial charge in [0.05, 0.1) is 12.7 Å². The molecule has 0 spiro atoms. The van der Waals surface area contributed by atoms with E-state index in [4.69, 9.17) is 4.74 Å². The van der Waals surface area contributed by atoms with Crippen molar-refractivity contribution >= 4 is 27.5 Å². The summed E-state index contributed by atoms with van der Waals surface area (Å²) < 4.78 is 6.45. The maximum absolute atomic E-state index is 12.1. The molecule has 1 fully saturated rings. The van der Waals surface area contributed by atoms with Crippen molar-refractivity contribution in [3.05, 3.63) is 28.2 Å². The molecule has 4 nitrogen and oxygen atoms in total. The maximum Gasteiger partial charge on any atom is 0.244 e. The van der Waals surface area contributed by atoms with Crippen molar-refractivity contribution in [2.75, 3.05) is 18.5 Å². The molecule has 0 aromatic heterocycles. The van der Waals surface area contributed by atoms with Crippen LogP contribution in [0.25, 0.3) is 0 Å². The molecule has 1 heterocycles. The van der Waals surface area contributed by atoms with Crippen molar-refractivity contribution < 1.29 is 9.53 Å². The average molecular weight is 313 g/mol. The summed E-state index contributed by atoms with van der Waals surface area (Å²) in [6.07, 6.45) is -0.104. The number of nitrogens with one attached hydrogen (secondary N) is 2. The van der Waals surface area contributed by atoms with Gasteiger partial charge in [-0.05, 0) is 31.5 Å². The maximum atomic E-state index is 12.1. The molecule has 0 bridgehead atoms. The molecule has 0 unspecified atom stereocenters. The highest BCUT2D eigenvalue weighted by molar-refractivity contribution is 9.10. The molecule has 0 radical (unpaired) electrons. The number of benzene rings is 1. The Balaban J connectivity index is 2.04. The molecule has 1 aliphatic heterocycles. The van der Waals surface area contributed by atoms with E-state index < -0.39 is 0 Å². The fourth-order valence-corrected chi connectivity index (χ4v) is 2.30. The van der Waals surface area contributed by atoms with E-state index in [1.165, 1.54) is 0 Å².